The fraction of sp³-hybridized carbons (Fsp3) is 0.333. The number of amides is 1. The van der Waals surface area contributed by atoms with E-state index in [1.54, 1.807) is 50.6 Å². The molecule has 2 rings (SSSR count). The number of likely N-dealkylation sites (N-methyl/N-ethyl adjacent to an activating group) is 1. The summed E-state index contributed by atoms with van der Waals surface area (Å²) in [5.74, 6) is 2.03. The summed E-state index contributed by atoms with van der Waals surface area (Å²) >= 11 is 0. The molecule has 28 heavy (non-hydrogen) atoms. The predicted molar refractivity (Wildman–Crippen MR) is 110 cm³/mol. The predicted octanol–water partition coefficient (Wildman–Crippen LogP) is 2.72. The lowest BCUT2D eigenvalue weighted by Crippen LogP contribution is -2.36. The molecule has 0 radical (unpaired) electrons. The van der Waals surface area contributed by atoms with Crippen LogP contribution in [0.2, 0.25) is 0 Å². The number of methoxy groups -OCH3 is 3. The Balaban J connectivity index is 2.28. The molecular formula is C21H27N3O4. The molecule has 1 aromatic carbocycles. The fourth-order valence-electron chi connectivity index (χ4n) is 2.61. The van der Waals surface area contributed by atoms with Crippen LogP contribution >= 0.6 is 0 Å². The molecule has 0 unspecified atom stereocenters. The van der Waals surface area contributed by atoms with E-state index in [-0.39, 0.29) is 5.91 Å². The Labute approximate surface area is 166 Å². The number of rotatable bonds is 9. The number of anilines is 1. The topological polar surface area (TPSA) is 64.1 Å². The zero-order valence-electron chi connectivity index (χ0n) is 17.0. The van der Waals surface area contributed by atoms with Crippen LogP contribution in [0, 0.1) is 0 Å². The number of aromatic nitrogens is 1. The zero-order valence-corrected chi connectivity index (χ0v) is 17.0. The molecule has 1 aromatic heterocycles. The molecule has 0 aliphatic rings. The number of carbonyl (C=O) groups is 1. The van der Waals surface area contributed by atoms with Gasteiger partial charge in [-0.05, 0) is 50.0 Å². The Morgan fingerprint density at radius 1 is 1.04 bits per heavy atom. The van der Waals surface area contributed by atoms with Gasteiger partial charge in [0.15, 0.2) is 11.5 Å². The van der Waals surface area contributed by atoms with Crippen molar-refractivity contribution >= 4 is 17.8 Å². The van der Waals surface area contributed by atoms with Crippen molar-refractivity contribution in [2.45, 2.75) is 0 Å². The molecule has 1 amide bonds. The third-order valence-electron chi connectivity index (χ3n) is 4.07. The minimum absolute atomic E-state index is 0.158. The molecule has 0 saturated heterocycles. The summed E-state index contributed by atoms with van der Waals surface area (Å²) in [5.41, 5.74) is 0.761. The molecule has 0 atom stereocenters. The van der Waals surface area contributed by atoms with Crippen LogP contribution in [-0.4, -0.2) is 64.3 Å². The van der Waals surface area contributed by atoms with Crippen LogP contribution in [0.3, 0.4) is 0 Å². The minimum atomic E-state index is -0.158. The lowest BCUT2D eigenvalue weighted by atomic mass is 10.1. The monoisotopic (exact) mass is 385 g/mol. The third-order valence-corrected chi connectivity index (χ3v) is 4.07. The molecule has 0 fully saturated rings. The summed E-state index contributed by atoms with van der Waals surface area (Å²) < 4.78 is 16.0. The Bertz CT molecular complexity index is 782. The number of ether oxygens (including phenoxy) is 3. The van der Waals surface area contributed by atoms with Crippen molar-refractivity contribution < 1.29 is 19.0 Å². The highest BCUT2D eigenvalue weighted by molar-refractivity contribution is 6.03. The van der Waals surface area contributed by atoms with Crippen molar-refractivity contribution in [1.82, 2.24) is 9.88 Å². The van der Waals surface area contributed by atoms with Crippen LogP contribution in [0.15, 0.2) is 42.6 Å². The molecule has 0 N–H and O–H groups in total. The highest BCUT2D eigenvalue weighted by Crippen LogP contribution is 2.38. The van der Waals surface area contributed by atoms with E-state index in [2.05, 4.69) is 4.98 Å². The molecule has 0 saturated carbocycles. The van der Waals surface area contributed by atoms with E-state index >= 15 is 0 Å². The van der Waals surface area contributed by atoms with Crippen LogP contribution < -0.4 is 19.1 Å². The van der Waals surface area contributed by atoms with Crippen LogP contribution in [-0.2, 0) is 4.79 Å². The smallest absolute Gasteiger partial charge is 0.252 e. The molecule has 1 heterocycles. The minimum Gasteiger partial charge on any atom is -0.493 e. The molecule has 2 aromatic rings. The van der Waals surface area contributed by atoms with E-state index in [1.807, 2.05) is 37.2 Å². The van der Waals surface area contributed by atoms with Crippen molar-refractivity contribution in [2.75, 3.05) is 53.4 Å². The van der Waals surface area contributed by atoms with E-state index in [4.69, 9.17) is 14.2 Å². The largest absolute Gasteiger partial charge is 0.493 e. The van der Waals surface area contributed by atoms with Gasteiger partial charge in [-0.15, -0.1) is 0 Å². The summed E-state index contributed by atoms with van der Waals surface area (Å²) in [4.78, 5) is 20.8. The maximum Gasteiger partial charge on any atom is 0.252 e. The van der Waals surface area contributed by atoms with Crippen LogP contribution in [0.1, 0.15) is 5.56 Å². The first-order chi connectivity index (χ1) is 13.5. The number of benzene rings is 1. The van der Waals surface area contributed by atoms with Crippen molar-refractivity contribution in [1.29, 1.82) is 0 Å². The van der Waals surface area contributed by atoms with Gasteiger partial charge in [0.2, 0.25) is 5.75 Å². The highest BCUT2D eigenvalue weighted by atomic mass is 16.5. The molecule has 0 spiro atoms. The first-order valence-corrected chi connectivity index (χ1v) is 8.85. The number of hydrogen-bond acceptors (Lipinski definition) is 6. The average molecular weight is 385 g/mol. The van der Waals surface area contributed by atoms with Gasteiger partial charge in [0.25, 0.3) is 5.91 Å². The number of hydrogen-bond donors (Lipinski definition) is 0. The van der Waals surface area contributed by atoms with Gasteiger partial charge in [0.05, 0.1) is 21.3 Å². The van der Waals surface area contributed by atoms with E-state index in [0.29, 0.717) is 29.6 Å². The number of nitrogens with zero attached hydrogens (tertiary/aromatic N) is 3. The molecular weight excluding hydrogens is 358 g/mol. The maximum absolute atomic E-state index is 12.9. The average Bonchev–Trinajstić information content (AvgIpc) is 2.71. The van der Waals surface area contributed by atoms with Gasteiger partial charge in [-0.1, -0.05) is 6.07 Å². The van der Waals surface area contributed by atoms with Gasteiger partial charge in [-0.25, -0.2) is 4.98 Å². The lowest BCUT2D eigenvalue weighted by molar-refractivity contribution is -0.114. The molecule has 0 aliphatic heterocycles. The summed E-state index contributed by atoms with van der Waals surface area (Å²) in [6, 6.07) is 9.08. The first-order valence-electron chi connectivity index (χ1n) is 8.85. The van der Waals surface area contributed by atoms with E-state index in [1.165, 1.54) is 6.08 Å². The Kier molecular flexibility index (Phi) is 7.83. The van der Waals surface area contributed by atoms with Crippen LogP contribution in [0.4, 0.5) is 5.82 Å². The Morgan fingerprint density at radius 2 is 1.71 bits per heavy atom. The molecule has 7 heteroatoms. The van der Waals surface area contributed by atoms with Gasteiger partial charge in [0, 0.05) is 25.4 Å². The van der Waals surface area contributed by atoms with Crippen molar-refractivity contribution in [2.24, 2.45) is 0 Å². The van der Waals surface area contributed by atoms with Gasteiger partial charge in [-0.2, -0.15) is 0 Å². The molecule has 7 nitrogen and oxygen atoms in total. The fourth-order valence-corrected chi connectivity index (χ4v) is 2.61. The Hall–Kier alpha value is -3.06. The molecule has 0 aliphatic carbocycles. The quantitative estimate of drug-likeness (QED) is 0.619. The summed E-state index contributed by atoms with van der Waals surface area (Å²) in [5, 5.41) is 0. The SMILES string of the molecule is COc1cc(/C=C/C(=O)N(CCN(C)C)c2ccccn2)cc(OC)c1OC. The number of carbonyl (C=O) groups excluding carboxylic acids is 1. The van der Waals surface area contributed by atoms with E-state index in [9.17, 15) is 4.79 Å². The molecule has 150 valence electrons. The van der Waals surface area contributed by atoms with Gasteiger partial charge >= 0.3 is 0 Å². The van der Waals surface area contributed by atoms with E-state index < -0.39 is 0 Å². The second-order valence-corrected chi connectivity index (χ2v) is 6.27. The second kappa shape index (κ2) is 10.3. The lowest BCUT2D eigenvalue weighted by Gasteiger charge is -2.22. The maximum atomic E-state index is 12.9. The molecule has 0 bridgehead atoms. The number of pyridine rings is 1. The van der Waals surface area contributed by atoms with E-state index in [0.717, 1.165) is 12.1 Å². The van der Waals surface area contributed by atoms with Crippen LogP contribution in [0.25, 0.3) is 6.08 Å². The van der Waals surface area contributed by atoms with Gasteiger partial charge in [0.1, 0.15) is 5.82 Å². The standard InChI is InChI=1S/C21H27N3O4/c1-23(2)12-13-24(19-8-6-7-11-22-19)20(25)10-9-16-14-17(26-3)21(28-5)18(15-16)27-4/h6-11,14-15H,12-13H2,1-5H3/b10-9+. The normalized spacial score (nSPS) is 10.9. The highest BCUT2D eigenvalue weighted by Gasteiger charge is 2.15. The van der Waals surface area contributed by atoms with Crippen molar-refractivity contribution in [3.63, 3.8) is 0 Å². The Morgan fingerprint density at radius 3 is 2.21 bits per heavy atom. The summed E-state index contributed by atoms with van der Waals surface area (Å²) in [7, 11) is 8.59. The van der Waals surface area contributed by atoms with Crippen molar-refractivity contribution in [3.05, 3.63) is 48.2 Å². The van der Waals surface area contributed by atoms with Crippen molar-refractivity contribution in [3.8, 4) is 17.2 Å². The second-order valence-electron chi connectivity index (χ2n) is 6.27. The summed E-state index contributed by atoms with van der Waals surface area (Å²) in [6.07, 6.45) is 4.91. The van der Waals surface area contributed by atoms with Gasteiger partial charge < -0.3 is 19.1 Å². The summed E-state index contributed by atoms with van der Waals surface area (Å²) in [6.45, 7) is 1.25. The first kappa shape index (κ1) is 21.2. The zero-order chi connectivity index (χ0) is 20.5. The third kappa shape index (κ3) is 5.47. The van der Waals surface area contributed by atoms with Crippen LogP contribution in [0.5, 0.6) is 17.2 Å². The van der Waals surface area contributed by atoms with Gasteiger partial charge in [-0.3, -0.25) is 9.69 Å².